The van der Waals surface area contributed by atoms with E-state index in [2.05, 4.69) is 20.5 Å². The van der Waals surface area contributed by atoms with Gasteiger partial charge in [-0.05, 0) is 32.9 Å². The van der Waals surface area contributed by atoms with Gasteiger partial charge < -0.3 is 14.6 Å². The number of ether oxygens (including phenoxy) is 1. The van der Waals surface area contributed by atoms with E-state index in [4.69, 9.17) is 4.74 Å². The third-order valence-electron chi connectivity index (χ3n) is 2.76. The zero-order chi connectivity index (χ0) is 16.9. The van der Waals surface area contributed by atoms with Crippen LogP contribution in [0.1, 0.15) is 20.8 Å². The van der Waals surface area contributed by atoms with Crippen molar-refractivity contribution in [3.8, 4) is 11.4 Å². The van der Waals surface area contributed by atoms with Gasteiger partial charge in [0.05, 0.1) is 0 Å². The van der Waals surface area contributed by atoms with E-state index in [1.807, 2.05) is 44.5 Å². The molecule has 2 aromatic heterocycles. The topological polar surface area (TPSA) is 81.9 Å². The zero-order valence-electron chi connectivity index (χ0n) is 13.7. The van der Waals surface area contributed by atoms with E-state index >= 15 is 0 Å². The number of carbonyl (C=O) groups is 1. The van der Waals surface area contributed by atoms with Crippen LogP contribution < -0.4 is 5.32 Å². The second kappa shape index (κ2) is 7.45. The molecule has 0 spiro atoms. The Hall–Kier alpha value is -2.09. The molecule has 7 nitrogen and oxygen atoms in total. The molecular formula is C15H21N5O2S. The van der Waals surface area contributed by atoms with Crippen molar-refractivity contribution in [2.75, 3.05) is 12.3 Å². The van der Waals surface area contributed by atoms with E-state index in [1.54, 1.807) is 12.4 Å². The van der Waals surface area contributed by atoms with Crippen molar-refractivity contribution in [2.45, 2.75) is 31.5 Å². The second-order valence-electron chi connectivity index (χ2n) is 5.88. The Morgan fingerprint density at radius 1 is 1.39 bits per heavy atom. The fourth-order valence-electron chi connectivity index (χ4n) is 1.80. The van der Waals surface area contributed by atoms with Crippen LogP contribution >= 0.6 is 11.8 Å². The van der Waals surface area contributed by atoms with Gasteiger partial charge in [-0.25, -0.2) is 4.79 Å². The molecule has 0 saturated heterocycles. The number of alkyl carbamates (subject to hydrolysis) is 1. The number of hydrogen-bond donors (Lipinski definition) is 1. The molecule has 0 saturated carbocycles. The molecule has 1 amide bonds. The van der Waals surface area contributed by atoms with Crippen molar-refractivity contribution < 1.29 is 9.53 Å². The van der Waals surface area contributed by atoms with Crippen LogP contribution in [0, 0.1) is 0 Å². The summed E-state index contributed by atoms with van der Waals surface area (Å²) in [5.41, 5.74) is 0.431. The van der Waals surface area contributed by atoms with Crippen molar-refractivity contribution in [1.29, 1.82) is 0 Å². The molecule has 2 aromatic rings. The third-order valence-corrected chi connectivity index (χ3v) is 3.78. The van der Waals surface area contributed by atoms with Gasteiger partial charge in [-0.15, -0.1) is 10.2 Å². The number of amides is 1. The second-order valence-corrected chi connectivity index (χ2v) is 6.95. The van der Waals surface area contributed by atoms with Gasteiger partial charge in [-0.2, -0.15) is 0 Å². The summed E-state index contributed by atoms with van der Waals surface area (Å²) in [5, 5.41) is 11.9. The standard InChI is InChI=1S/C15H21N5O2S/c1-15(2,3)22-14(21)17-8-9-23-13-19-18-12(20(13)4)11-6-5-7-16-10-11/h5-7,10H,8-9H2,1-4H3,(H,17,21). The van der Waals surface area contributed by atoms with Gasteiger partial charge in [0.25, 0.3) is 0 Å². The van der Waals surface area contributed by atoms with Crippen molar-refractivity contribution in [3.05, 3.63) is 24.5 Å². The van der Waals surface area contributed by atoms with E-state index in [1.165, 1.54) is 11.8 Å². The summed E-state index contributed by atoms with van der Waals surface area (Å²) < 4.78 is 7.09. The maximum absolute atomic E-state index is 11.5. The molecule has 0 aliphatic carbocycles. The molecule has 0 atom stereocenters. The SMILES string of the molecule is Cn1c(SCCNC(=O)OC(C)(C)C)nnc1-c1cccnc1. The number of rotatable bonds is 5. The maximum atomic E-state index is 11.5. The van der Waals surface area contributed by atoms with Gasteiger partial charge in [-0.3, -0.25) is 4.98 Å². The lowest BCUT2D eigenvalue weighted by Crippen LogP contribution is -2.33. The molecule has 0 aromatic carbocycles. The Morgan fingerprint density at radius 3 is 2.83 bits per heavy atom. The molecule has 0 fully saturated rings. The molecule has 2 rings (SSSR count). The van der Waals surface area contributed by atoms with Crippen LogP contribution in [0.5, 0.6) is 0 Å². The third kappa shape index (κ3) is 5.24. The number of thioether (sulfide) groups is 1. The lowest BCUT2D eigenvalue weighted by atomic mass is 10.2. The molecule has 1 N–H and O–H groups in total. The van der Waals surface area contributed by atoms with Gasteiger partial charge in [0, 0.05) is 37.3 Å². The van der Waals surface area contributed by atoms with Gasteiger partial charge in [0.1, 0.15) is 5.60 Å². The highest BCUT2D eigenvalue weighted by atomic mass is 32.2. The van der Waals surface area contributed by atoms with Crippen LogP contribution in [0.2, 0.25) is 0 Å². The van der Waals surface area contributed by atoms with Gasteiger partial charge >= 0.3 is 6.09 Å². The van der Waals surface area contributed by atoms with E-state index in [0.29, 0.717) is 12.3 Å². The minimum atomic E-state index is -0.487. The lowest BCUT2D eigenvalue weighted by molar-refractivity contribution is 0.0531. The predicted octanol–water partition coefficient (Wildman–Crippen LogP) is 2.49. The molecule has 0 aliphatic rings. The van der Waals surface area contributed by atoms with Crippen molar-refractivity contribution >= 4 is 17.9 Å². The molecule has 8 heteroatoms. The molecule has 0 aliphatic heterocycles. The first-order chi connectivity index (χ1) is 10.9. The summed E-state index contributed by atoms with van der Waals surface area (Å²) >= 11 is 1.52. The predicted molar refractivity (Wildman–Crippen MR) is 89.2 cm³/mol. The molecule has 23 heavy (non-hydrogen) atoms. The zero-order valence-corrected chi connectivity index (χ0v) is 14.6. The Kier molecular flexibility index (Phi) is 5.59. The summed E-state index contributed by atoms with van der Waals surface area (Å²) in [5.74, 6) is 1.44. The summed E-state index contributed by atoms with van der Waals surface area (Å²) in [6.07, 6.45) is 3.06. The van der Waals surface area contributed by atoms with E-state index in [0.717, 1.165) is 16.5 Å². The number of hydrogen-bond acceptors (Lipinski definition) is 6. The smallest absolute Gasteiger partial charge is 0.407 e. The van der Waals surface area contributed by atoms with Gasteiger partial charge in [0.15, 0.2) is 11.0 Å². The molecule has 0 radical (unpaired) electrons. The van der Waals surface area contributed by atoms with Crippen LogP contribution in [-0.4, -0.2) is 43.7 Å². The number of carbonyl (C=O) groups excluding carboxylic acids is 1. The molecular weight excluding hydrogens is 314 g/mol. The highest BCUT2D eigenvalue weighted by Gasteiger charge is 2.16. The first-order valence-corrected chi connectivity index (χ1v) is 8.25. The number of nitrogens with one attached hydrogen (secondary N) is 1. The summed E-state index contributed by atoms with van der Waals surface area (Å²) in [7, 11) is 1.91. The average molecular weight is 335 g/mol. The molecule has 0 bridgehead atoms. The molecule has 124 valence electrons. The maximum Gasteiger partial charge on any atom is 0.407 e. The normalized spacial score (nSPS) is 11.3. The van der Waals surface area contributed by atoms with Crippen molar-refractivity contribution in [3.63, 3.8) is 0 Å². The quantitative estimate of drug-likeness (QED) is 0.668. The Balaban J connectivity index is 1.83. The van der Waals surface area contributed by atoms with Gasteiger partial charge in [-0.1, -0.05) is 11.8 Å². The first-order valence-electron chi connectivity index (χ1n) is 7.26. The summed E-state index contributed by atoms with van der Waals surface area (Å²) in [4.78, 5) is 15.6. The van der Waals surface area contributed by atoms with E-state index in [-0.39, 0.29) is 0 Å². The van der Waals surface area contributed by atoms with Crippen molar-refractivity contribution in [2.24, 2.45) is 7.05 Å². The Bertz CT molecular complexity index is 652. The fourth-order valence-corrected chi connectivity index (χ4v) is 2.56. The molecule has 2 heterocycles. The summed E-state index contributed by atoms with van der Waals surface area (Å²) in [6.45, 7) is 6.00. The fraction of sp³-hybridized carbons (Fsp3) is 0.467. The summed E-state index contributed by atoms with van der Waals surface area (Å²) in [6, 6.07) is 3.80. The molecule has 0 unspecified atom stereocenters. The van der Waals surface area contributed by atoms with Crippen LogP contribution in [0.25, 0.3) is 11.4 Å². The number of aromatic nitrogens is 4. The van der Waals surface area contributed by atoms with Crippen LogP contribution in [0.3, 0.4) is 0 Å². The van der Waals surface area contributed by atoms with Crippen LogP contribution in [0.4, 0.5) is 4.79 Å². The minimum absolute atomic E-state index is 0.410. The number of nitrogens with zero attached hydrogens (tertiary/aromatic N) is 4. The Morgan fingerprint density at radius 2 is 2.17 bits per heavy atom. The van der Waals surface area contributed by atoms with Crippen LogP contribution in [-0.2, 0) is 11.8 Å². The van der Waals surface area contributed by atoms with Crippen molar-refractivity contribution in [1.82, 2.24) is 25.1 Å². The van der Waals surface area contributed by atoms with Gasteiger partial charge in [0.2, 0.25) is 0 Å². The van der Waals surface area contributed by atoms with E-state index in [9.17, 15) is 4.79 Å². The highest BCUT2D eigenvalue weighted by Crippen LogP contribution is 2.21. The first kappa shape index (κ1) is 17.3. The number of pyridine rings is 1. The largest absolute Gasteiger partial charge is 0.444 e. The Labute approximate surface area is 139 Å². The lowest BCUT2D eigenvalue weighted by Gasteiger charge is -2.19. The highest BCUT2D eigenvalue weighted by molar-refractivity contribution is 7.99. The average Bonchev–Trinajstić information content (AvgIpc) is 2.84. The van der Waals surface area contributed by atoms with Crippen LogP contribution in [0.15, 0.2) is 29.7 Å². The monoisotopic (exact) mass is 335 g/mol. The van der Waals surface area contributed by atoms with E-state index < -0.39 is 11.7 Å². The minimum Gasteiger partial charge on any atom is -0.444 e.